The molecule has 1 atom stereocenters. The van der Waals surface area contributed by atoms with Crippen LogP contribution in [-0.4, -0.2) is 28.1 Å². The van der Waals surface area contributed by atoms with E-state index >= 15 is 0 Å². The zero-order chi connectivity index (χ0) is 22.3. The summed E-state index contributed by atoms with van der Waals surface area (Å²) in [7, 11) is 0. The van der Waals surface area contributed by atoms with Crippen molar-refractivity contribution in [2.75, 3.05) is 0 Å². The quantitative estimate of drug-likeness (QED) is 0.365. The second kappa shape index (κ2) is 10.1. The van der Waals surface area contributed by atoms with Gasteiger partial charge in [0.15, 0.2) is 12.4 Å². The first-order valence-corrected chi connectivity index (χ1v) is 10.5. The van der Waals surface area contributed by atoms with Crippen LogP contribution in [0.25, 0.3) is 11.5 Å². The molecule has 4 rings (SSSR count). The van der Waals surface area contributed by atoms with E-state index in [0.717, 1.165) is 15.6 Å². The van der Waals surface area contributed by atoms with Crippen LogP contribution in [0.2, 0.25) is 0 Å². The zero-order valence-electron chi connectivity index (χ0n) is 16.7. The van der Waals surface area contributed by atoms with E-state index < -0.39 is 17.9 Å². The van der Waals surface area contributed by atoms with Gasteiger partial charge in [0.05, 0.1) is 11.8 Å². The first-order chi connectivity index (χ1) is 15.6. The van der Waals surface area contributed by atoms with E-state index in [9.17, 15) is 9.59 Å². The highest BCUT2D eigenvalue weighted by atomic mass is 79.9. The number of aromatic nitrogens is 2. The average molecular weight is 496 g/mol. The highest BCUT2D eigenvalue weighted by Gasteiger charge is 2.25. The number of ether oxygens (including phenoxy) is 1. The van der Waals surface area contributed by atoms with Crippen LogP contribution in [0.4, 0.5) is 0 Å². The summed E-state index contributed by atoms with van der Waals surface area (Å²) >= 11 is 3.43. The molecule has 0 aliphatic carbocycles. The van der Waals surface area contributed by atoms with E-state index in [1.165, 1.54) is 12.3 Å². The first kappa shape index (κ1) is 21.5. The van der Waals surface area contributed by atoms with E-state index in [2.05, 4.69) is 31.4 Å². The predicted octanol–water partition coefficient (Wildman–Crippen LogP) is 4.18. The molecule has 0 aliphatic rings. The van der Waals surface area contributed by atoms with Crippen molar-refractivity contribution in [1.82, 2.24) is 15.5 Å². The number of amides is 1. The van der Waals surface area contributed by atoms with Crippen molar-refractivity contribution in [2.45, 2.75) is 19.1 Å². The number of esters is 1. The van der Waals surface area contributed by atoms with Crippen molar-refractivity contribution in [1.29, 1.82) is 0 Å². The molecule has 162 valence electrons. The molecule has 0 spiro atoms. The number of furan rings is 1. The summed E-state index contributed by atoms with van der Waals surface area (Å²) in [5, 5.41) is 10.6. The molecule has 0 fully saturated rings. The molecular weight excluding hydrogens is 478 g/mol. The van der Waals surface area contributed by atoms with Gasteiger partial charge < -0.3 is 18.9 Å². The maximum atomic E-state index is 12.8. The summed E-state index contributed by atoms with van der Waals surface area (Å²) in [6.45, 7) is -0.224. The molecule has 2 aromatic carbocycles. The topological polar surface area (TPSA) is 107 Å². The van der Waals surface area contributed by atoms with Crippen LogP contribution in [0.15, 0.2) is 86.3 Å². The lowest BCUT2D eigenvalue weighted by Gasteiger charge is -2.16. The molecule has 32 heavy (non-hydrogen) atoms. The molecule has 8 nitrogen and oxygen atoms in total. The summed E-state index contributed by atoms with van der Waals surface area (Å²) in [5.41, 5.74) is 1.59. The molecule has 0 saturated carbocycles. The number of hydrogen-bond donors (Lipinski definition) is 1. The fraction of sp³-hybridized carbons (Fsp3) is 0.130. The molecule has 0 aliphatic heterocycles. The lowest BCUT2D eigenvalue weighted by atomic mass is 10.1. The Hall–Kier alpha value is -3.72. The van der Waals surface area contributed by atoms with Crippen LogP contribution >= 0.6 is 15.9 Å². The van der Waals surface area contributed by atoms with E-state index in [0.29, 0.717) is 5.89 Å². The Morgan fingerprint density at radius 1 is 1.00 bits per heavy atom. The third kappa shape index (κ3) is 5.30. The van der Waals surface area contributed by atoms with Crippen molar-refractivity contribution < 1.29 is 23.2 Å². The fourth-order valence-corrected chi connectivity index (χ4v) is 3.42. The molecule has 1 N–H and O–H groups in total. The Bertz CT molecular complexity index is 1190. The monoisotopic (exact) mass is 495 g/mol. The Balaban J connectivity index is 1.44. The molecule has 4 aromatic rings. The van der Waals surface area contributed by atoms with Gasteiger partial charge in [-0.1, -0.05) is 42.5 Å². The van der Waals surface area contributed by atoms with Crippen molar-refractivity contribution in [3.63, 3.8) is 0 Å². The minimum absolute atomic E-state index is 0.103. The standard InChI is InChI=1S/C23H18BrN3O5/c24-17-10-5-4-9-16(17)22-27-26-20(32-22)14-31-23(29)18(13-15-7-2-1-3-8-15)25-21(28)19-11-6-12-30-19/h1-12,18H,13-14H2,(H,25,28). The normalized spacial score (nSPS) is 11.7. The minimum atomic E-state index is -0.930. The molecule has 2 heterocycles. The molecule has 1 amide bonds. The third-order valence-corrected chi connectivity index (χ3v) is 5.22. The number of carbonyl (C=O) groups is 2. The van der Waals surface area contributed by atoms with Crippen molar-refractivity contribution >= 4 is 27.8 Å². The lowest BCUT2D eigenvalue weighted by molar-refractivity contribution is -0.148. The number of nitrogens with one attached hydrogen (secondary N) is 1. The first-order valence-electron chi connectivity index (χ1n) is 9.72. The van der Waals surface area contributed by atoms with Gasteiger partial charge in [-0.3, -0.25) is 4.79 Å². The fourth-order valence-electron chi connectivity index (χ4n) is 2.97. The third-order valence-electron chi connectivity index (χ3n) is 4.53. The molecule has 0 bridgehead atoms. The highest BCUT2D eigenvalue weighted by Crippen LogP contribution is 2.26. The summed E-state index contributed by atoms with van der Waals surface area (Å²) in [6, 6.07) is 18.9. The molecular formula is C23H18BrN3O5. The van der Waals surface area contributed by atoms with Gasteiger partial charge in [0.2, 0.25) is 5.89 Å². The van der Waals surface area contributed by atoms with Crippen molar-refractivity contribution in [3.05, 3.63) is 94.7 Å². The zero-order valence-corrected chi connectivity index (χ0v) is 18.3. The molecule has 1 unspecified atom stereocenters. The minimum Gasteiger partial charge on any atom is -0.459 e. The maximum absolute atomic E-state index is 12.8. The Morgan fingerprint density at radius 2 is 1.78 bits per heavy atom. The van der Waals surface area contributed by atoms with Crippen molar-refractivity contribution in [3.8, 4) is 11.5 Å². The highest BCUT2D eigenvalue weighted by molar-refractivity contribution is 9.10. The second-order valence-electron chi connectivity index (χ2n) is 6.78. The SMILES string of the molecule is O=C(NC(Cc1ccccc1)C(=O)OCc1nnc(-c2ccccc2Br)o1)c1ccco1. The molecule has 0 saturated heterocycles. The predicted molar refractivity (Wildman–Crippen MR) is 117 cm³/mol. The van der Waals surface area contributed by atoms with Gasteiger partial charge in [0.25, 0.3) is 11.8 Å². The number of rotatable bonds is 8. The van der Waals surface area contributed by atoms with Crippen LogP contribution < -0.4 is 5.32 Å². The van der Waals surface area contributed by atoms with Gasteiger partial charge in [0, 0.05) is 10.9 Å². The molecule has 9 heteroatoms. The summed E-state index contributed by atoms with van der Waals surface area (Å²) in [4.78, 5) is 25.2. The Kier molecular flexibility index (Phi) is 6.76. The molecule has 0 radical (unpaired) electrons. The van der Waals surface area contributed by atoms with Gasteiger partial charge in [0.1, 0.15) is 6.04 Å². The van der Waals surface area contributed by atoms with Gasteiger partial charge in [-0.2, -0.15) is 0 Å². The summed E-state index contributed by atoms with van der Waals surface area (Å²) < 4.78 is 16.9. The largest absolute Gasteiger partial charge is 0.459 e. The number of hydrogen-bond acceptors (Lipinski definition) is 7. The Labute approximate surface area is 191 Å². The van der Waals surface area contributed by atoms with Crippen LogP contribution in [0.1, 0.15) is 22.0 Å². The van der Waals surface area contributed by atoms with Crippen LogP contribution in [0.3, 0.4) is 0 Å². The number of halogens is 1. The van der Waals surface area contributed by atoms with Gasteiger partial charge in [-0.25, -0.2) is 4.79 Å². The van der Waals surface area contributed by atoms with Gasteiger partial charge in [-0.05, 0) is 45.8 Å². The van der Waals surface area contributed by atoms with E-state index in [1.54, 1.807) is 6.07 Å². The Morgan fingerprint density at radius 3 is 2.53 bits per heavy atom. The number of nitrogens with zero attached hydrogens (tertiary/aromatic N) is 2. The molecule has 2 aromatic heterocycles. The van der Waals surface area contributed by atoms with Crippen LogP contribution in [0.5, 0.6) is 0 Å². The van der Waals surface area contributed by atoms with Crippen molar-refractivity contribution in [2.24, 2.45) is 0 Å². The lowest BCUT2D eigenvalue weighted by Crippen LogP contribution is -2.43. The summed E-state index contributed by atoms with van der Waals surface area (Å²) in [5.74, 6) is -0.600. The van der Waals surface area contributed by atoms with E-state index in [-0.39, 0.29) is 24.7 Å². The van der Waals surface area contributed by atoms with Crippen LogP contribution in [0, 0.1) is 0 Å². The van der Waals surface area contributed by atoms with Crippen LogP contribution in [-0.2, 0) is 22.6 Å². The van der Waals surface area contributed by atoms with E-state index in [1.807, 2.05) is 54.6 Å². The smallest absolute Gasteiger partial charge is 0.329 e. The summed E-state index contributed by atoms with van der Waals surface area (Å²) in [6.07, 6.45) is 1.63. The van der Waals surface area contributed by atoms with E-state index in [4.69, 9.17) is 13.6 Å². The number of carbonyl (C=O) groups excluding carboxylic acids is 2. The number of benzene rings is 2. The maximum Gasteiger partial charge on any atom is 0.329 e. The average Bonchev–Trinajstić information content (AvgIpc) is 3.51. The van der Waals surface area contributed by atoms with Gasteiger partial charge in [-0.15, -0.1) is 10.2 Å². The second-order valence-corrected chi connectivity index (χ2v) is 7.64. The van der Waals surface area contributed by atoms with Gasteiger partial charge >= 0.3 is 5.97 Å².